The highest BCUT2D eigenvalue weighted by atomic mass is 16.2. The van der Waals surface area contributed by atoms with E-state index in [-0.39, 0.29) is 23.1 Å². The average Bonchev–Trinajstić information content (AvgIpc) is 3.08. The number of hydrogen-bond donors (Lipinski definition) is 1. The van der Waals surface area contributed by atoms with Crippen LogP contribution in [0.3, 0.4) is 0 Å². The van der Waals surface area contributed by atoms with Gasteiger partial charge in [-0.2, -0.15) is 0 Å². The van der Waals surface area contributed by atoms with E-state index in [1.807, 2.05) is 48.2 Å². The number of aromatic nitrogens is 1. The van der Waals surface area contributed by atoms with Crippen LogP contribution in [0.5, 0.6) is 0 Å². The number of amides is 2. The fraction of sp³-hybridized carbons (Fsp3) is 0.409. The third-order valence-corrected chi connectivity index (χ3v) is 6.06. The van der Waals surface area contributed by atoms with Gasteiger partial charge >= 0.3 is 0 Å². The van der Waals surface area contributed by atoms with Crippen molar-refractivity contribution in [2.75, 3.05) is 13.1 Å². The maximum atomic E-state index is 13.0. The predicted octanol–water partition coefficient (Wildman–Crippen LogP) is 2.95. The number of pyridine rings is 1. The summed E-state index contributed by atoms with van der Waals surface area (Å²) in [7, 11) is 0. The van der Waals surface area contributed by atoms with Crippen LogP contribution in [0.15, 0.2) is 48.8 Å². The van der Waals surface area contributed by atoms with Crippen LogP contribution < -0.4 is 5.32 Å². The van der Waals surface area contributed by atoms with Gasteiger partial charge in [-0.3, -0.25) is 14.6 Å². The minimum Gasteiger partial charge on any atom is -0.352 e. The molecule has 1 N–H and O–H groups in total. The summed E-state index contributed by atoms with van der Waals surface area (Å²) in [4.78, 5) is 31.8. The second-order valence-electron chi connectivity index (χ2n) is 7.90. The number of nitrogens with zero attached hydrogens (tertiary/aromatic N) is 2. The Morgan fingerprint density at radius 3 is 2.78 bits per heavy atom. The molecule has 2 fully saturated rings. The summed E-state index contributed by atoms with van der Waals surface area (Å²) in [5.74, 6) is -0.0395. The summed E-state index contributed by atoms with van der Waals surface area (Å²) in [5.41, 5.74) is 2.72. The molecule has 2 heterocycles. The third-order valence-electron chi connectivity index (χ3n) is 6.06. The van der Waals surface area contributed by atoms with E-state index in [4.69, 9.17) is 0 Å². The molecule has 1 unspecified atom stereocenters. The predicted molar refractivity (Wildman–Crippen MR) is 103 cm³/mol. The van der Waals surface area contributed by atoms with E-state index >= 15 is 0 Å². The normalized spacial score (nSPS) is 20.3. The molecule has 1 aliphatic heterocycles. The van der Waals surface area contributed by atoms with Crippen molar-refractivity contribution in [3.63, 3.8) is 0 Å². The first-order chi connectivity index (χ1) is 13.1. The van der Waals surface area contributed by atoms with Gasteiger partial charge in [-0.25, -0.2) is 0 Å². The lowest BCUT2D eigenvalue weighted by Gasteiger charge is -2.41. The average molecular weight is 363 g/mol. The van der Waals surface area contributed by atoms with Crippen molar-refractivity contribution in [1.29, 1.82) is 0 Å². The van der Waals surface area contributed by atoms with E-state index in [1.165, 1.54) is 0 Å². The first-order valence-corrected chi connectivity index (χ1v) is 9.60. The van der Waals surface area contributed by atoms with Gasteiger partial charge in [0, 0.05) is 43.0 Å². The molecule has 2 aliphatic rings. The van der Waals surface area contributed by atoms with Gasteiger partial charge in [-0.15, -0.1) is 0 Å². The van der Waals surface area contributed by atoms with Crippen LogP contribution in [0.1, 0.15) is 40.7 Å². The minimum absolute atomic E-state index is 0.0348. The standard InChI is InChI=1S/C22H25N3O2/c1-16-5-2-7-18(11-16)21(27)25-14-19(22(15-25)8-4-9-22)20(26)24-13-17-6-3-10-23-12-17/h2-3,5-7,10-12,19H,4,8-9,13-15H2,1H3,(H,24,26). The van der Waals surface area contributed by atoms with Gasteiger partial charge in [0.15, 0.2) is 0 Å². The van der Waals surface area contributed by atoms with Crippen molar-refractivity contribution in [3.05, 3.63) is 65.5 Å². The molecule has 140 valence electrons. The zero-order valence-electron chi connectivity index (χ0n) is 15.6. The number of carbonyl (C=O) groups excluding carboxylic acids is 2. The van der Waals surface area contributed by atoms with Gasteiger partial charge in [0.1, 0.15) is 0 Å². The van der Waals surface area contributed by atoms with Crippen molar-refractivity contribution < 1.29 is 9.59 Å². The maximum Gasteiger partial charge on any atom is 0.253 e. The molecule has 1 aliphatic carbocycles. The molecule has 1 aromatic carbocycles. The lowest BCUT2D eigenvalue weighted by Crippen LogP contribution is -2.45. The Bertz CT molecular complexity index is 846. The molecule has 4 rings (SSSR count). The lowest BCUT2D eigenvalue weighted by atomic mass is 9.62. The summed E-state index contributed by atoms with van der Waals surface area (Å²) in [5, 5.41) is 3.06. The Hall–Kier alpha value is -2.69. The highest BCUT2D eigenvalue weighted by Crippen LogP contribution is 2.52. The summed E-state index contributed by atoms with van der Waals surface area (Å²) >= 11 is 0. The zero-order valence-corrected chi connectivity index (χ0v) is 15.6. The first-order valence-electron chi connectivity index (χ1n) is 9.60. The minimum atomic E-state index is -0.128. The fourth-order valence-corrected chi connectivity index (χ4v) is 4.40. The molecule has 27 heavy (non-hydrogen) atoms. The van der Waals surface area contributed by atoms with E-state index in [1.54, 1.807) is 12.4 Å². The SMILES string of the molecule is Cc1cccc(C(=O)N2CC(C(=O)NCc3cccnc3)C3(CCC3)C2)c1. The van der Waals surface area contributed by atoms with Crippen molar-refractivity contribution in [3.8, 4) is 0 Å². The van der Waals surface area contributed by atoms with Crippen molar-refractivity contribution in [2.45, 2.75) is 32.7 Å². The molecule has 1 aromatic heterocycles. The molecule has 2 amide bonds. The summed E-state index contributed by atoms with van der Waals surface area (Å²) < 4.78 is 0. The van der Waals surface area contributed by atoms with Crippen LogP contribution in [-0.2, 0) is 11.3 Å². The topological polar surface area (TPSA) is 62.3 Å². The molecular formula is C22H25N3O2. The summed E-state index contributed by atoms with van der Waals surface area (Å²) in [6, 6.07) is 11.5. The van der Waals surface area contributed by atoms with Crippen LogP contribution in [0.25, 0.3) is 0 Å². The molecule has 5 heteroatoms. The highest BCUT2D eigenvalue weighted by molar-refractivity contribution is 5.95. The van der Waals surface area contributed by atoms with Crippen molar-refractivity contribution in [1.82, 2.24) is 15.2 Å². The highest BCUT2D eigenvalue weighted by Gasteiger charge is 2.54. The molecular weight excluding hydrogens is 338 g/mol. The molecule has 5 nitrogen and oxygen atoms in total. The van der Waals surface area contributed by atoms with Gasteiger partial charge < -0.3 is 10.2 Å². The van der Waals surface area contributed by atoms with E-state index in [0.717, 1.165) is 30.4 Å². The summed E-state index contributed by atoms with van der Waals surface area (Å²) in [6.45, 7) is 3.66. The van der Waals surface area contributed by atoms with Gasteiger partial charge in [0.05, 0.1) is 5.92 Å². The third kappa shape index (κ3) is 3.46. The first kappa shape index (κ1) is 17.7. The van der Waals surface area contributed by atoms with Crippen LogP contribution in [0.4, 0.5) is 0 Å². The monoisotopic (exact) mass is 363 g/mol. The van der Waals surface area contributed by atoms with Gasteiger partial charge in [-0.1, -0.05) is 30.2 Å². The number of benzene rings is 1. The fourth-order valence-electron chi connectivity index (χ4n) is 4.40. The summed E-state index contributed by atoms with van der Waals surface area (Å²) in [6.07, 6.45) is 6.67. The number of nitrogens with one attached hydrogen (secondary N) is 1. The van der Waals surface area contributed by atoms with E-state index in [2.05, 4.69) is 10.3 Å². The second-order valence-corrected chi connectivity index (χ2v) is 7.90. The van der Waals surface area contributed by atoms with E-state index in [0.29, 0.717) is 25.2 Å². The molecule has 1 saturated carbocycles. The molecule has 1 atom stereocenters. The van der Waals surface area contributed by atoms with E-state index in [9.17, 15) is 9.59 Å². The molecule has 0 bridgehead atoms. The maximum absolute atomic E-state index is 13.0. The van der Waals surface area contributed by atoms with Crippen LogP contribution in [0.2, 0.25) is 0 Å². The molecule has 1 spiro atoms. The Kier molecular flexibility index (Phi) is 4.68. The molecule has 0 radical (unpaired) electrons. The van der Waals surface area contributed by atoms with Crippen LogP contribution >= 0.6 is 0 Å². The smallest absolute Gasteiger partial charge is 0.253 e. The van der Waals surface area contributed by atoms with Gasteiger partial charge in [0.2, 0.25) is 5.91 Å². The van der Waals surface area contributed by atoms with Crippen LogP contribution in [-0.4, -0.2) is 34.8 Å². The number of rotatable bonds is 4. The quantitative estimate of drug-likeness (QED) is 0.908. The number of likely N-dealkylation sites (tertiary alicyclic amines) is 1. The zero-order chi connectivity index (χ0) is 18.9. The number of hydrogen-bond acceptors (Lipinski definition) is 3. The molecule has 2 aromatic rings. The van der Waals surface area contributed by atoms with Crippen molar-refractivity contribution in [2.24, 2.45) is 11.3 Å². The largest absolute Gasteiger partial charge is 0.352 e. The van der Waals surface area contributed by atoms with E-state index < -0.39 is 0 Å². The van der Waals surface area contributed by atoms with Gasteiger partial charge in [0.25, 0.3) is 5.91 Å². The number of aryl methyl sites for hydroxylation is 1. The van der Waals surface area contributed by atoms with Gasteiger partial charge in [-0.05, 0) is 43.5 Å². The Morgan fingerprint density at radius 2 is 2.11 bits per heavy atom. The Balaban J connectivity index is 1.46. The Labute approximate surface area is 159 Å². The van der Waals surface area contributed by atoms with Crippen LogP contribution in [0, 0.1) is 18.3 Å². The van der Waals surface area contributed by atoms with Crippen molar-refractivity contribution >= 4 is 11.8 Å². The Morgan fingerprint density at radius 1 is 1.26 bits per heavy atom. The lowest BCUT2D eigenvalue weighted by molar-refractivity contribution is -0.129. The number of carbonyl (C=O) groups is 2. The second kappa shape index (κ2) is 7.14. The molecule has 1 saturated heterocycles.